The van der Waals surface area contributed by atoms with Gasteiger partial charge in [0.15, 0.2) is 0 Å². The zero-order valence-electron chi connectivity index (χ0n) is 10.1. The molecule has 0 spiro atoms. The second-order valence-electron chi connectivity index (χ2n) is 3.96. The number of nitro groups is 1. The fourth-order valence-corrected chi connectivity index (χ4v) is 1.89. The Morgan fingerprint density at radius 3 is 2.68 bits per heavy atom. The van der Waals surface area contributed by atoms with E-state index in [1.54, 1.807) is 31.2 Å². The Hall–Kier alpha value is -2.94. The first kappa shape index (κ1) is 12.5. The summed E-state index contributed by atoms with van der Waals surface area (Å²) in [6, 6.07) is 9.80. The van der Waals surface area contributed by atoms with Crippen molar-refractivity contribution in [2.45, 2.75) is 6.92 Å². The molecule has 6 heteroatoms. The number of aromatic nitrogens is 1. The van der Waals surface area contributed by atoms with Crippen molar-refractivity contribution in [3.63, 3.8) is 0 Å². The number of para-hydroxylation sites is 1. The van der Waals surface area contributed by atoms with Crippen molar-refractivity contribution >= 4 is 11.5 Å². The fraction of sp³-hybridized carbons (Fsp3) is 0.0769. The highest BCUT2D eigenvalue weighted by Crippen LogP contribution is 2.33. The molecule has 0 radical (unpaired) electrons. The summed E-state index contributed by atoms with van der Waals surface area (Å²) in [7, 11) is 0. The molecule has 0 aliphatic carbocycles. The topological polar surface area (TPSA) is 106 Å². The normalized spacial score (nSPS) is 9.89. The number of nitro benzene ring substituents is 1. The zero-order chi connectivity index (χ0) is 14.0. The second-order valence-corrected chi connectivity index (χ2v) is 3.96. The van der Waals surface area contributed by atoms with Crippen LogP contribution in [0.5, 0.6) is 0 Å². The number of nitrogen functional groups attached to an aromatic ring is 1. The van der Waals surface area contributed by atoms with Crippen LogP contribution in [0.4, 0.5) is 11.5 Å². The molecule has 2 rings (SSSR count). The first-order valence-electron chi connectivity index (χ1n) is 5.45. The van der Waals surface area contributed by atoms with E-state index in [2.05, 4.69) is 4.98 Å². The van der Waals surface area contributed by atoms with Gasteiger partial charge in [0.25, 0.3) is 5.69 Å². The van der Waals surface area contributed by atoms with Crippen molar-refractivity contribution in [3.05, 3.63) is 51.7 Å². The van der Waals surface area contributed by atoms with Crippen molar-refractivity contribution in [2.24, 2.45) is 0 Å². The molecule has 0 saturated heterocycles. The van der Waals surface area contributed by atoms with Gasteiger partial charge >= 0.3 is 0 Å². The van der Waals surface area contributed by atoms with Crippen LogP contribution in [0.2, 0.25) is 0 Å². The monoisotopic (exact) mass is 254 g/mol. The number of hydrogen-bond donors (Lipinski definition) is 1. The van der Waals surface area contributed by atoms with E-state index in [1.807, 2.05) is 6.07 Å². The molecule has 0 atom stereocenters. The largest absolute Gasteiger partial charge is 0.383 e. The van der Waals surface area contributed by atoms with Gasteiger partial charge in [-0.15, -0.1) is 0 Å². The molecular weight excluding hydrogens is 244 g/mol. The summed E-state index contributed by atoms with van der Waals surface area (Å²) >= 11 is 0. The number of aryl methyl sites for hydroxylation is 1. The lowest BCUT2D eigenvalue weighted by Crippen LogP contribution is -2.01. The fourth-order valence-electron chi connectivity index (χ4n) is 1.89. The van der Waals surface area contributed by atoms with Crippen LogP contribution in [0.25, 0.3) is 11.1 Å². The Balaban J connectivity index is 2.80. The third-order valence-electron chi connectivity index (χ3n) is 2.68. The van der Waals surface area contributed by atoms with Gasteiger partial charge in [-0.05, 0) is 19.1 Å². The molecule has 0 amide bonds. The average molecular weight is 254 g/mol. The smallest absolute Gasteiger partial charge is 0.277 e. The van der Waals surface area contributed by atoms with E-state index >= 15 is 0 Å². The number of pyridine rings is 1. The maximum atomic E-state index is 11.0. The Kier molecular flexibility index (Phi) is 3.12. The van der Waals surface area contributed by atoms with E-state index in [9.17, 15) is 10.1 Å². The van der Waals surface area contributed by atoms with Gasteiger partial charge in [-0.1, -0.05) is 12.1 Å². The number of benzene rings is 1. The highest BCUT2D eigenvalue weighted by Gasteiger charge is 2.19. The maximum absolute atomic E-state index is 11.0. The Labute approximate surface area is 109 Å². The molecule has 2 N–H and O–H groups in total. The van der Waals surface area contributed by atoms with Gasteiger partial charge in [-0.25, -0.2) is 4.98 Å². The van der Waals surface area contributed by atoms with Gasteiger partial charge in [0, 0.05) is 17.3 Å². The van der Waals surface area contributed by atoms with Crippen LogP contribution in [0, 0.1) is 28.4 Å². The van der Waals surface area contributed by atoms with Crippen molar-refractivity contribution in [1.29, 1.82) is 5.26 Å². The van der Waals surface area contributed by atoms with Crippen LogP contribution in [-0.2, 0) is 0 Å². The highest BCUT2D eigenvalue weighted by atomic mass is 16.6. The van der Waals surface area contributed by atoms with Crippen LogP contribution < -0.4 is 5.73 Å². The van der Waals surface area contributed by atoms with E-state index in [-0.39, 0.29) is 17.1 Å². The van der Waals surface area contributed by atoms with Crippen LogP contribution >= 0.6 is 0 Å². The van der Waals surface area contributed by atoms with Crippen molar-refractivity contribution < 1.29 is 4.92 Å². The number of nitriles is 1. The SMILES string of the molecule is Cc1cc(-c2ccccc2[N+](=O)[O-])c(C#N)c(N)n1. The van der Waals surface area contributed by atoms with Crippen molar-refractivity contribution in [1.82, 2.24) is 4.98 Å². The number of nitrogens with two attached hydrogens (primary N) is 1. The second kappa shape index (κ2) is 4.74. The predicted octanol–water partition coefficient (Wildman–Crippen LogP) is 2.42. The molecule has 1 aromatic heterocycles. The lowest BCUT2D eigenvalue weighted by Gasteiger charge is -2.08. The summed E-state index contributed by atoms with van der Waals surface area (Å²) in [4.78, 5) is 14.5. The summed E-state index contributed by atoms with van der Waals surface area (Å²) in [6.45, 7) is 1.72. The molecular formula is C13H10N4O2. The zero-order valence-corrected chi connectivity index (χ0v) is 10.1. The molecule has 1 aromatic carbocycles. The van der Waals surface area contributed by atoms with E-state index in [0.717, 1.165) is 0 Å². The minimum atomic E-state index is -0.484. The van der Waals surface area contributed by atoms with Crippen molar-refractivity contribution in [2.75, 3.05) is 5.73 Å². The average Bonchev–Trinajstić information content (AvgIpc) is 2.37. The minimum Gasteiger partial charge on any atom is -0.383 e. The number of hydrogen-bond acceptors (Lipinski definition) is 5. The standard InChI is InChI=1S/C13H10N4O2/c1-8-6-10(11(7-14)13(15)16-8)9-4-2-3-5-12(9)17(18)19/h2-6H,1H3,(H2,15,16). The Bertz CT molecular complexity index is 704. The minimum absolute atomic E-state index is 0.0657. The molecule has 0 aliphatic heterocycles. The van der Waals surface area contributed by atoms with E-state index in [4.69, 9.17) is 11.0 Å². The summed E-state index contributed by atoms with van der Waals surface area (Å²) in [5.74, 6) is 0.0793. The maximum Gasteiger partial charge on any atom is 0.277 e. The molecule has 1 heterocycles. The molecule has 6 nitrogen and oxygen atoms in total. The van der Waals surface area contributed by atoms with Crippen LogP contribution in [0.3, 0.4) is 0 Å². The van der Waals surface area contributed by atoms with Crippen LogP contribution in [0.1, 0.15) is 11.3 Å². The Morgan fingerprint density at radius 1 is 1.37 bits per heavy atom. The summed E-state index contributed by atoms with van der Waals surface area (Å²) in [5, 5.41) is 20.2. The molecule has 2 aromatic rings. The van der Waals surface area contributed by atoms with Gasteiger partial charge < -0.3 is 5.73 Å². The molecule has 0 aliphatic rings. The van der Waals surface area contributed by atoms with E-state index < -0.39 is 4.92 Å². The summed E-state index contributed by atoms with van der Waals surface area (Å²) < 4.78 is 0. The van der Waals surface area contributed by atoms with E-state index in [0.29, 0.717) is 16.8 Å². The molecule has 94 valence electrons. The lowest BCUT2D eigenvalue weighted by molar-refractivity contribution is -0.384. The summed E-state index contributed by atoms with van der Waals surface area (Å²) in [5.41, 5.74) is 7.17. The van der Waals surface area contributed by atoms with Crippen molar-refractivity contribution in [3.8, 4) is 17.2 Å². The first-order valence-corrected chi connectivity index (χ1v) is 5.45. The highest BCUT2D eigenvalue weighted by molar-refractivity contribution is 5.81. The number of nitrogens with zero attached hydrogens (tertiary/aromatic N) is 3. The van der Waals surface area contributed by atoms with E-state index in [1.165, 1.54) is 6.07 Å². The summed E-state index contributed by atoms with van der Waals surface area (Å²) in [6.07, 6.45) is 0. The Morgan fingerprint density at radius 2 is 2.05 bits per heavy atom. The quantitative estimate of drug-likeness (QED) is 0.654. The molecule has 0 bridgehead atoms. The molecule has 0 unspecified atom stereocenters. The third kappa shape index (κ3) is 2.21. The first-order chi connectivity index (χ1) is 9.04. The predicted molar refractivity (Wildman–Crippen MR) is 70.2 cm³/mol. The van der Waals surface area contributed by atoms with Crippen LogP contribution in [-0.4, -0.2) is 9.91 Å². The molecule has 19 heavy (non-hydrogen) atoms. The van der Waals surface area contributed by atoms with Gasteiger partial charge in [0.2, 0.25) is 0 Å². The third-order valence-corrected chi connectivity index (χ3v) is 2.68. The van der Waals surface area contributed by atoms with Gasteiger partial charge in [-0.2, -0.15) is 5.26 Å². The van der Waals surface area contributed by atoms with Gasteiger partial charge in [0.05, 0.1) is 10.5 Å². The lowest BCUT2D eigenvalue weighted by atomic mass is 9.99. The number of anilines is 1. The molecule has 0 saturated carbocycles. The van der Waals surface area contributed by atoms with Crippen LogP contribution in [0.15, 0.2) is 30.3 Å². The molecule has 0 fully saturated rings. The number of rotatable bonds is 2. The van der Waals surface area contributed by atoms with Gasteiger partial charge in [0.1, 0.15) is 17.5 Å². The van der Waals surface area contributed by atoms with Gasteiger partial charge in [-0.3, -0.25) is 10.1 Å².